The number of aromatic hydroxyl groups is 1. The highest BCUT2D eigenvalue weighted by Crippen LogP contribution is 2.49. The van der Waals surface area contributed by atoms with Gasteiger partial charge in [0, 0.05) is 12.0 Å². The molecule has 1 fully saturated rings. The monoisotopic (exact) mass is 211 g/mol. The number of halogens is 1. The van der Waals surface area contributed by atoms with Crippen LogP contribution in [0, 0.1) is 5.82 Å². The van der Waals surface area contributed by atoms with Crippen LogP contribution in [0.15, 0.2) is 12.1 Å². The lowest BCUT2D eigenvalue weighted by molar-refractivity contribution is 0.362. The number of hydrogen-bond donors (Lipinski definition) is 2. The zero-order valence-corrected chi connectivity index (χ0v) is 8.59. The predicted molar refractivity (Wildman–Crippen MR) is 54.6 cm³/mol. The molecule has 0 spiro atoms. The number of phenolic OH excluding ortho intramolecular Hbond substituents is 1. The van der Waals surface area contributed by atoms with E-state index < -0.39 is 5.82 Å². The van der Waals surface area contributed by atoms with Gasteiger partial charge in [-0.05, 0) is 30.5 Å². The highest BCUT2D eigenvalue weighted by Gasteiger charge is 2.43. The molecule has 0 unspecified atom stereocenters. The Morgan fingerprint density at radius 1 is 1.53 bits per heavy atom. The van der Waals surface area contributed by atoms with E-state index in [1.165, 1.54) is 13.2 Å². The third-order valence-corrected chi connectivity index (χ3v) is 3.10. The lowest BCUT2D eigenvalue weighted by Gasteiger charge is -2.15. The average Bonchev–Trinajstić information content (AvgIpc) is 3.02. The molecule has 0 aliphatic heterocycles. The molecule has 3 nitrogen and oxygen atoms in total. The maximum atomic E-state index is 13.3. The molecule has 3 N–H and O–H groups in total. The molecule has 1 aromatic carbocycles. The van der Waals surface area contributed by atoms with E-state index >= 15 is 0 Å². The minimum absolute atomic E-state index is 0.0710. The number of benzene rings is 1. The van der Waals surface area contributed by atoms with Crippen LogP contribution in [0.2, 0.25) is 0 Å². The fourth-order valence-electron chi connectivity index (χ4n) is 1.80. The van der Waals surface area contributed by atoms with Crippen molar-refractivity contribution < 1.29 is 14.2 Å². The molecule has 1 aliphatic carbocycles. The summed E-state index contributed by atoms with van der Waals surface area (Å²) in [5, 5.41) is 9.40. The Morgan fingerprint density at radius 3 is 2.67 bits per heavy atom. The quantitative estimate of drug-likeness (QED) is 0.797. The van der Waals surface area contributed by atoms with Crippen molar-refractivity contribution in [1.82, 2.24) is 0 Å². The molecular weight excluding hydrogens is 197 g/mol. The first-order valence-corrected chi connectivity index (χ1v) is 4.90. The molecule has 2 rings (SSSR count). The Bertz CT molecular complexity index is 388. The molecule has 1 aliphatic rings. The van der Waals surface area contributed by atoms with Gasteiger partial charge in [-0.25, -0.2) is 0 Å². The van der Waals surface area contributed by atoms with Crippen molar-refractivity contribution in [1.29, 1.82) is 0 Å². The third-order valence-electron chi connectivity index (χ3n) is 3.10. The molecule has 0 saturated heterocycles. The van der Waals surface area contributed by atoms with Crippen LogP contribution in [0.4, 0.5) is 4.39 Å². The van der Waals surface area contributed by atoms with Crippen molar-refractivity contribution in [3.63, 3.8) is 0 Å². The summed E-state index contributed by atoms with van der Waals surface area (Å²) in [7, 11) is 1.38. The second-order valence-electron chi connectivity index (χ2n) is 4.00. The van der Waals surface area contributed by atoms with Gasteiger partial charge >= 0.3 is 0 Å². The van der Waals surface area contributed by atoms with Crippen molar-refractivity contribution in [2.24, 2.45) is 5.73 Å². The molecule has 82 valence electrons. The molecule has 4 heteroatoms. The molecule has 0 amide bonds. The van der Waals surface area contributed by atoms with E-state index in [1.807, 2.05) is 0 Å². The number of nitrogens with two attached hydrogens (primary N) is 1. The van der Waals surface area contributed by atoms with Gasteiger partial charge in [-0.2, -0.15) is 4.39 Å². The average molecular weight is 211 g/mol. The van der Waals surface area contributed by atoms with Gasteiger partial charge in [0.05, 0.1) is 7.11 Å². The van der Waals surface area contributed by atoms with Crippen molar-refractivity contribution in [2.45, 2.75) is 18.3 Å². The van der Waals surface area contributed by atoms with Crippen molar-refractivity contribution in [3.8, 4) is 11.5 Å². The largest absolute Gasteiger partial charge is 0.505 e. The Balaban J connectivity index is 2.46. The zero-order chi connectivity index (χ0) is 11.1. The Labute approximate surface area is 87.7 Å². The molecule has 15 heavy (non-hydrogen) atoms. The van der Waals surface area contributed by atoms with E-state index in [4.69, 9.17) is 10.5 Å². The first-order valence-electron chi connectivity index (χ1n) is 4.90. The topological polar surface area (TPSA) is 55.5 Å². The van der Waals surface area contributed by atoms with E-state index in [0.717, 1.165) is 18.4 Å². The lowest BCUT2D eigenvalue weighted by Crippen LogP contribution is -2.19. The molecule has 0 bridgehead atoms. The second kappa shape index (κ2) is 3.38. The molecule has 0 heterocycles. The smallest absolute Gasteiger partial charge is 0.206 e. The summed E-state index contributed by atoms with van der Waals surface area (Å²) in [6, 6.07) is 3.06. The van der Waals surface area contributed by atoms with Gasteiger partial charge in [0.15, 0.2) is 11.5 Å². The van der Waals surface area contributed by atoms with Gasteiger partial charge in [-0.1, -0.05) is 0 Å². The molecule has 0 atom stereocenters. The summed E-state index contributed by atoms with van der Waals surface area (Å²) in [4.78, 5) is 0. The summed E-state index contributed by atoms with van der Waals surface area (Å²) in [5.74, 6) is -1.01. The van der Waals surface area contributed by atoms with E-state index in [9.17, 15) is 9.50 Å². The van der Waals surface area contributed by atoms with Gasteiger partial charge in [0.2, 0.25) is 5.82 Å². The summed E-state index contributed by atoms with van der Waals surface area (Å²) in [6.45, 7) is 0.515. The number of phenols is 1. The van der Waals surface area contributed by atoms with Gasteiger partial charge < -0.3 is 15.6 Å². The van der Waals surface area contributed by atoms with Crippen LogP contribution in [0.5, 0.6) is 11.5 Å². The predicted octanol–water partition coefficient (Wildman–Crippen LogP) is 1.53. The highest BCUT2D eigenvalue weighted by atomic mass is 19.1. The van der Waals surface area contributed by atoms with Crippen molar-refractivity contribution >= 4 is 0 Å². The maximum Gasteiger partial charge on any atom is 0.206 e. The summed E-state index contributed by atoms with van der Waals surface area (Å²) >= 11 is 0. The molecule has 1 saturated carbocycles. The van der Waals surface area contributed by atoms with Gasteiger partial charge in [-0.15, -0.1) is 0 Å². The summed E-state index contributed by atoms with van der Waals surface area (Å²) < 4.78 is 18.1. The van der Waals surface area contributed by atoms with Gasteiger partial charge in [-0.3, -0.25) is 0 Å². The van der Waals surface area contributed by atoms with Crippen LogP contribution in [0.25, 0.3) is 0 Å². The van der Waals surface area contributed by atoms with E-state index in [0.29, 0.717) is 6.54 Å². The first-order chi connectivity index (χ1) is 7.13. The second-order valence-corrected chi connectivity index (χ2v) is 4.00. The molecule has 0 aromatic heterocycles. The zero-order valence-electron chi connectivity index (χ0n) is 8.59. The molecular formula is C11H14FNO2. The minimum Gasteiger partial charge on any atom is -0.505 e. The Hall–Kier alpha value is -1.29. The minimum atomic E-state index is -0.714. The van der Waals surface area contributed by atoms with Crippen LogP contribution in [0.3, 0.4) is 0 Å². The van der Waals surface area contributed by atoms with Crippen LogP contribution in [-0.4, -0.2) is 18.8 Å². The molecule has 0 radical (unpaired) electrons. The number of ether oxygens (including phenoxy) is 1. The van der Waals surface area contributed by atoms with Crippen LogP contribution in [-0.2, 0) is 5.41 Å². The molecule has 1 aromatic rings. The number of hydrogen-bond acceptors (Lipinski definition) is 3. The standard InChI is InChI=1S/C11H14FNO2/c1-15-9-5-7(4-8(14)10(9)12)11(6-13)2-3-11/h4-5,14H,2-3,6,13H2,1H3. The van der Waals surface area contributed by atoms with Crippen LogP contribution < -0.4 is 10.5 Å². The Morgan fingerprint density at radius 2 is 2.20 bits per heavy atom. The van der Waals surface area contributed by atoms with E-state index in [2.05, 4.69) is 0 Å². The van der Waals surface area contributed by atoms with Crippen LogP contribution >= 0.6 is 0 Å². The van der Waals surface area contributed by atoms with Gasteiger partial charge in [0.25, 0.3) is 0 Å². The normalized spacial score (nSPS) is 17.5. The summed E-state index contributed by atoms with van der Waals surface area (Å²) in [5.41, 5.74) is 6.46. The fraction of sp³-hybridized carbons (Fsp3) is 0.455. The van der Waals surface area contributed by atoms with E-state index in [-0.39, 0.29) is 16.9 Å². The first kappa shape index (κ1) is 10.2. The van der Waals surface area contributed by atoms with Crippen LogP contribution in [0.1, 0.15) is 18.4 Å². The lowest BCUT2D eigenvalue weighted by atomic mass is 9.95. The third kappa shape index (κ3) is 1.55. The van der Waals surface area contributed by atoms with Crippen molar-refractivity contribution in [3.05, 3.63) is 23.5 Å². The SMILES string of the molecule is COc1cc(C2(CN)CC2)cc(O)c1F. The van der Waals surface area contributed by atoms with Crippen molar-refractivity contribution in [2.75, 3.05) is 13.7 Å². The number of rotatable bonds is 3. The van der Waals surface area contributed by atoms with Gasteiger partial charge in [0.1, 0.15) is 0 Å². The number of methoxy groups -OCH3 is 1. The highest BCUT2D eigenvalue weighted by molar-refractivity contribution is 5.45. The maximum absolute atomic E-state index is 13.3. The Kier molecular flexibility index (Phi) is 2.31. The van der Waals surface area contributed by atoms with E-state index in [1.54, 1.807) is 6.07 Å². The summed E-state index contributed by atoms with van der Waals surface area (Å²) in [6.07, 6.45) is 1.97. The fourth-order valence-corrected chi connectivity index (χ4v) is 1.80.